The Morgan fingerprint density at radius 1 is 1.00 bits per heavy atom. The topological polar surface area (TPSA) is 84.5 Å². The first-order valence-corrected chi connectivity index (χ1v) is 11.5. The van der Waals surface area contributed by atoms with Crippen LogP contribution in [0, 0.1) is 0 Å². The van der Waals surface area contributed by atoms with E-state index >= 15 is 0 Å². The minimum Gasteiger partial charge on any atom is -0.495 e. The van der Waals surface area contributed by atoms with Gasteiger partial charge in [0, 0.05) is 17.1 Å². The van der Waals surface area contributed by atoms with E-state index in [9.17, 15) is 13.2 Å². The monoisotopic (exact) mass is 478 g/mol. The molecule has 31 heavy (non-hydrogen) atoms. The lowest BCUT2D eigenvalue weighted by Gasteiger charge is -2.13. The molecule has 1 amide bonds. The van der Waals surface area contributed by atoms with Crippen LogP contribution < -0.4 is 14.8 Å². The van der Waals surface area contributed by atoms with Crippen molar-refractivity contribution in [2.24, 2.45) is 0 Å². The zero-order valence-corrected chi connectivity index (χ0v) is 18.9. The number of methoxy groups -OCH3 is 1. The lowest BCUT2D eigenvalue weighted by atomic mass is 10.2. The maximum atomic E-state index is 12.9. The molecule has 0 saturated carbocycles. The van der Waals surface area contributed by atoms with Crippen LogP contribution in [0.15, 0.2) is 71.6 Å². The number of ether oxygens (including phenoxy) is 1. The number of sulfonamides is 1. The summed E-state index contributed by atoms with van der Waals surface area (Å²) in [5.41, 5.74) is 1.45. The minimum atomic E-state index is -3.92. The Kier molecular flexibility index (Phi) is 7.56. The van der Waals surface area contributed by atoms with Crippen molar-refractivity contribution in [3.8, 4) is 5.75 Å². The Bertz CT molecular complexity index is 1190. The van der Waals surface area contributed by atoms with Gasteiger partial charge in [-0.2, -0.15) is 0 Å². The summed E-state index contributed by atoms with van der Waals surface area (Å²) in [6, 6.07) is 18.3. The second kappa shape index (κ2) is 10.2. The molecule has 0 fully saturated rings. The van der Waals surface area contributed by atoms with E-state index < -0.39 is 15.9 Å². The molecule has 0 aliphatic heterocycles. The van der Waals surface area contributed by atoms with Crippen LogP contribution in [0.1, 0.15) is 15.9 Å². The fourth-order valence-corrected chi connectivity index (χ4v) is 4.43. The van der Waals surface area contributed by atoms with Gasteiger partial charge in [-0.05, 0) is 48.4 Å². The Balaban J connectivity index is 1.80. The Morgan fingerprint density at radius 3 is 2.45 bits per heavy atom. The van der Waals surface area contributed by atoms with E-state index in [0.717, 1.165) is 5.56 Å². The van der Waals surface area contributed by atoms with Crippen LogP contribution in [-0.2, 0) is 16.4 Å². The highest BCUT2D eigenvalue weighted by atomic mass is 35.5. The van der Waals surface area contributed by atoms with E-state index in [-0.39, 0.29) is 22.8 Å². The van der Waals surface area contributed by atoms with Crippen LogP contribution >= 0.6 is 23.2 Å². The van der Waals surface area contributed by atoms with E-state index in [1.165, 1.54) is 31.4 Å². The molecule has 0 saturated heterocycles. The second-order valence-electron chi connectivity index (χ2n) is 6.58. The molecule has 2 N–H and O–H groups in total. The SMILES string of the molecule is COc1ccc(C(=O)Nc2cc(Cl)ccc2Cl)cc1S(=O)(=O)NCCc1ccccc1. The Labute approximate surface area is 191 Å². The summed E-state index contributed by atoms with van der Waals surface area (Å²) >= 11 is 12.0. The summed E-state index contributed by atoms with van der Waals surface area (Å²) in [5, 5.41) is 3.35. The van der Waals surface area contributed by atoms with Gasteiger partial charge in [0.2, 0.25) is 10.0 Å². The lowest BCUT2D eigenvalue weighted by molar-refractivity contribution is 0.102. The molecule has 0 spiro atoms. The number of nitrogens with one attached hydrogen (secondary N) is 2. The fourth-order valence-electron chi connectivity index (χ4n) is 2.87. The predicted molar refractivity (Wildman–Crippen MR) is 123 cm³/mol. The van der Waals surface area contributed by atoms with Crippen LogP contribution in [0.2, 0.25) is 10.0 Å². The fraction of sp³-hybridized carbons (Fsp3) is 0.136. The molecule has 0 atom stereocenters. The van der Waals surface area contributed by atoms with E-state index in [2.05, 4.69) is 10.0 Å². The van der Waals surface area contributed by atoms with Crippen molar-refractivity contribution < 1.29 is 17.9 Å². The maximum absolute atomic E-state index is 12.9. The minimum absolute atomic E-state index is 0.125. The lowest BCUT2D eigenvalue weighted by Crippen LogP contribution is -2.27. The van der Waals surface area contributed by atoms with Crippen LogP contribution in [-0.4, -0.2) is 28.0 Å². The molecular formula is C22H20Cl2N2O4S. The summed E-state index contributed by atoms with van der Waals surface area (Å²) in [4.78, 5) is 12.6. The third-order valence-corrected chi connectivity index (χ3v) is 6.49. The van der Waals surface area contributed by atoms with Gasteiger partial charge in [-0.25, -0.2) is 13.1 Å². The highest BCUT2D eigenvalue weighted by molar-refractivity contribution is 7.89. The largest absolute Gasteiger partial charge is 0.495 e. The Hall–Kier alpha value is -2.58. The number of carbonyl (C=O) groups is 1. The first kappa shape index (κ1) is 23.1. The quantitative estimate of drug-likeness (QED) is 0.487. The standard InChI is InChI=1S/C22H20Cl2N2O4S/c1-30-20-10-7-16(22(27)26-19-14-17(23)8-9-18(19)24)13-21(20)31(28,29)25-12-11-15-5-3-2-4-6-15/h2-10,13-14,25H,11-12H2,1H3,(H,26,27). The van der Waals surface area contributed by atoms with Gasteiger partial charge in [0.15, 0.2) is 0 Å². The molecule has 0 aliphatic carbocycles. The van der Waals surface area contributed by atoms with Gasteiger partial charge >= 0.3 is 0 Å². The number of anilines is 1. The predicted octanol–water partition coefficient (Wildman–Crippen LogP) is 4.78. The highest BCUT2D eigenvalue weighted by Gasteiger charge is 2.22. The van der Waals surface area contributed by atoms with Crippen LogP contribution in [0.5, 0.6) is 5.75 Å². The van der Waals surface area contributed by atoms with Crippen LogP contribution in [0.25, 0.3) is 0 Å². The molecule has 9 heteroatoms. The molecule has 0 aromatic heterocycles. The highest BCUT2D eigenvalue weighted by Crippen LogP contribution is 2.28. The molecule has 0 bridgehead atoms. The number of amides is 1. The van der Waals surface area contributed by atoms with Crippen LogP contribution in [0.4, 0.5) is 5.69 Å². The number of benzene rings is 3. The zero-order chi connectivity index (χ0) is 22.4. The molecule has 3 aromatic rings. The molecule has 6 nitrogen and oxygen atoms in total. The van der Waals surface area contributed by atoms with E-state index in [1.54, 1.807) is 12.1 Å². The van der Waals surface area contributed by atoms with Crippen molar-refractivity contribution in [3.63, 3.8) is 0 Å². The normalized spacial score (nSPS) is 11.2. The molecular weight excluding hydrogens is 459 g/mol. The maximum Gasteiger partial charge on any atom is 0.255 e. The van der Waals surface area contributed by atoms with Crippen molar-refractivity contribution >= 4 is 44.8 Å². The first-order chi connectivity index (χ1) is 14.8. The number of halogens is 2. The Morgan fingerprint density at radius 2 is 1.74 bits per heavy atom. The number of hydrogen-bond donors (Lipinski definition) is 2. The summed E-state index contributed by atoms with van der Waals surface area (Å²) in [6.45, 7) is 0.198. The second-order valence-corrected chi connectivity index (χ2v) is 9.16. The van der Waals surface area contributed by atoms with E-state index in [4.69, 9.17) is 27.9 Å². The van der Waals surface area contributed by atoms with Crippen molar-refractivity contribution in [3.05, 3.63) is 87.9 Å². The summed E-state index contributed by atoms with van der Waals surface area (Å²) in [7, 11) is -2.55. The third kappa shape index (κ3) is 5.98. The van der Waals surface area contributed by atoms with Crippen molar-refractivity contribution in [1.29, 1.82) is 0 Å². The summed E-state index contributed by atoms with van der Waals surface area (Å²) in [6.07, 6.45) is 0.524. The smallest absolute Gasteiger partial charge is 0.255 e. The number of hydrogen-bond acceptors (Lipinski definition) is 4. The third-order valence-electron chi connectivity index (χ3n) is 4.44. The van der Waals surface area contributed by atoms with Gasteiger partial charge in [-0.3, -0.25) is 4.79 Å². The van der Waals surface area contributed by atoms with Crippen molar-refractivity contribution in [2.45, 2.75) is 11.3 Å². The summed E-state index contributed by atoms with van der Waals surface area (Å²) < 4.78 is 33.5. The first-order valence-electron chi connectivity index (χ1n) is 9.28. The molecule has 0 aliphatic rings. The van der Waals surface area contributed by atoms with Gasteiger partial charge in [0.25, 0.3) is 5.91 Å². The van der Waals surface area contributed by atoms with Gasteiger partial charge in [0.05, 0.1) is 17.8 Å². The van der Waals surface area contributed by atoms with Gasteiger partial charge in [0.1, 0.15) is 10.6 Å². The van der Waals surface area contributed by atoms with Gasteiger partial charge in [-0.15, -0.1) is 0 Å². The molecule has 0 heterocycles. The summed E-state index contributed by atoms with van der Waals surface area (Å²) in [5.74, 6) is -0.405. The van der Waals surface area contributed by atoms with Crippen LogP contribution in [0.3, 0.4) is 0 Å². The van der Waals surface area contributed by atoms with Gasteiger partial charge < -0.3 is 10.1 Å². The average molecular weight is 479 g/mol. The number of rotatable bonds is 8. The molecule has 0 unspecified atom stereocenters. The molecule has 0 radical (unpaired) electrons. The zero-order valence-electron chi connectivity index (χ0n) is 16.6. The number of carbonyl (C=O) groups excluding carboxylic acids is 1. The van der Waals surface area contributed by atoms with E-state index in [0.29, 0.717) is 22.2 Å². The van der Waals surface area contributed by atoms with Crippen molar-refractivity contribution in [1.82, 2.24) is 4.72 Å². The molecule has 162 valence electrons. The van der Waals surface area contributed by atoms with Gasteiger partial charge in [-0.1, -0.05) is 53.5 Å². The van der Waals surface area contributed by atoms with E-state index in [1.807, 2.05) is 30.3 Å². The van der Waals surface area contributed by atoms with Crippen molar-refractivity contribution in [2.75, 3.05) is 19.0 Å². The average Bonchev–Trinajstić information content (AvgIpc) is 2.76. The molecule has 3 rings (SSSR count). The molecule has 3 aromatic carbocycles.